The fourth-order valence-electron chi connectivity index (χ4n) is 9.04. The number of fused-ring (bicyclic) bond motifs is 3. The van der Waals surface area contributed by atoms with Gasteiger partial charge in [-0.2, -0.15) is 0 Å². The van der Waals surface area contributed by atoms with E-state index in [9.17, 15) is 0 Å². The van der Waals surface area contributed by atoms with E-state index in [1.807, 2.05) is 0 Å². The molecule has 2 aliphatic carbocycles. The Balaban J connectivity index is 1.84. The van der Waals surface area contributed by atoms with Crippen molar-refractivity contribution in [2.24, 2.45) is 0 Å². The van der Waals surface area contributed by atoms with Crippen LogP contribution >= 0.6 is 17.2 Å². The molecule has 0 saturated carbocycles. The van der Waals surface area contributed by atoms with Crippen LogP contribution in [0, 0.1) is 13.8 Å². The zero-order chi connectivity index (χ0) is 38.4. The van der Waals surface area contributed by atoms with Crippen molar-refractivity contribution in [2.45, 2.75) is 126 Å². The monoisotopic (exact) mass is 898 g/mol. The average Bonchev–Trinajstić information content (AvgIpc) is 3.67. The van der Waals surface area contributed by atoms with E-state index in [4.69, 9.17) is 17.2 Å². The van der Waals surface area contributed by atoms with Crippen LogP contribution in [0.5, 0.6) is 0 Å². The number of allylic oxidation sites excluding steroid dienone is 4. The Labute approximate surface area is 323 Å². The molecule has 2 aliphatic rings. The van der Waals surface area contributed by atoms with Crippen LogP contribution in [0.1, 0.15) is 142 Å². The van der Waals surface area contributed by atoms with Gasteiger partial charge < -0.3 is 0 Å². The van der Waals surface area contributed by atoms with Crippen molar-refractivity contribution in [3.05, 3.63) is 153 Å². The predicted octanol–water partition coefficient (Wildman–Crippen LogP) is 14.7. The van der Waals surface area contributed by atoms with Crippen molar-refractivity contribution in [3.8, 4) is 11.1 Å². The van der Waals surface area contributed by atoms with Crippen molar-refractivity contribution < 1.29 is 15.7 Å². The Kier molecular flexibility index (Phi) is 9.76. The number of hydrogen-bond acceptors (Lipinski definition) is 0. The van der Waals surface area contributed by atoms with Crippen molar-refractivity contribution in [1.82, 2.24) is 0 Å². The third-order valence-corrected chi connectivity index (χ3v) is 39.9. The Morgan fingerprint density at radius 3 is 1.15 bits per heavy atom. The summed E-state index contributed by atoms with van der Waals surface area (Å²) in [7, 11) is 17.9. The molecule has 0 bridgehead atoms. The third-order valence-electron chi connectivity index (χ3n) is 11.8. The summed E-state index contributed by atoms with van der Waals surface area (Å²) in [5, 5.41) is 0. The molecule has 4 aromatic carbocycles. The van der Waals surface area contributed by atoms with Gasteiger partial charge in [0.05, 0.1) is 0 Å². The van der Waals surface area contributed by atoms with E-state index in [1.165, 1.54) is 55.6 Å². The van der Waals surface area contributed by atoms with Crippen LogP contribution < -0.4 is 0 Å². The van der Waals surface area contributed by atoms with Crippen LogP contribution in [0.15, 0.2) is 97.1 Å². The van der Waals surface area contributed by atoms with E-state index >= 15 is 0 Å². The number of benzene rings is 4. The van der Waals surface area contributed by atoms with Gasteiger partial charge in [-0.1, -0.05) is 0 Å². The first-order valence-electron chi connectivity index (χ1n) is 19.2. The summed E-state index contributed by atoms with van der Waals surface area (Å²) in [4.78, 5) is 0. The topological polar surface area (TPSA) is 0 Å². The number of rotatable bonds is 4. The Morgan fingerprint density at radius 2 is 0.846 bits per heavy atom. The Hall–Kier alpha value is -2.32. The minimum atomic E-state index is -5.68. The molecule has 0 atom stereocenters. The molecule has 0 aliphatic heterocycles. The van der Waals surface area contributed by atoms with Crippen LogP contribution in [0.25, 0.3) is 11.1 Å². The first-order chi connectivity index (χ1) is 23.8. The van der Waals surface area contributed by atoms with Gasteiger partial charge in [-0.05, 0) is 0 Å². The molecule has 0 aromatic heterocycles. The molecule has 0 amide bonds. The van der Waals surface area contributed by atoms with Gasteiger partial charge in [0.15, 0.2) is 0 Å². The summed E-state index contributed by atoms with van der Waals surface area (Å²) >= 11 is -5.68. The summed E-state index contributed by atoms with van der Waals surface area (Å²) in [6.45, 7) is 32.1. The van der Waals surface area contributed by atoms with Crippen LogP contribution in [-0.4, -0.2) is 3.26 Å². The zero-order valence-electron chi connectivity index (χ0n) is 34.1. The normalized spacial score (nSPS) is 15.7. The van der Waals surface area contributed by atoms with E-state index in [1.54, 1.807) is 0 Å². The molecule has 0 spiro atoms. The van der Waals surface area contributed by atoms with Gasteiger partial charge in [-0.15, -0.1) is 0 Å². The molecule has 0 fully saturated rings. The Morgan fingerprint density at radius 1 is 0.500 bits per heavy atom. The maximum atomic E-state index is 8.97. The predicted molar refractivity (Wildman–Crippen MR) is 228 cm³/mol. The summed E-state index contributed by atoms with van der Waals surface area (Å²) in [6, 6.07) is 28.2. The second kappa shape index (κ2) is 12.9. The molecular weight excluding hydrogens is 838 g/mol. The van der Waals surface area contributed by atoms with Crippen molar-refractivity contribution in [2.75, 3.05) is 0 Å². The van der Waals surface area contributed by atoms with Crippen LogP contribution in [0.4, 0.5) is 0 Å². The molecular formula is C49H60Cl2Hf. The molecule has 0 unspecified atom stereocenters. The van der Waals surface area contributed by atoms with E-state index in [0.29, 0.717) is 0 Å². The molecule has 0 nitrogen and oxygen atoms in total. The van der Waals surface area contributed by atoms with Crippen molar-refractivity contribution in [3.63, 3.8) is 0 Å². The van der Waals surface area contributed by atoms with Gasteiger partial charge in [0, 0.05) is 0 Å². The fraction of sp³-hybridized carbons (Fsp3) is 0.408. The summed E-state index contributed by atoms with van der Waals surface area (Å²) in [6.07, 6.45) is 8.92. The van der Waals surface area contributed by atoms with Gasteiger partial charge in [-0.3, -0.25) is 0 Å². The van der Waals surface area contributed by atoms with Gasteiger partial charge in [-0.25, -0.2) is 0 Å². The molecule has 6 rings (SSSR count). The quantitative estimate of drug-likeness (QED) is 0.179. The SMILES string of the molecule is Cc1cc2c(cc1C(C)(C)C)-c1cc(C(C)(C)C)c(C)cc1[CH]2[Hf]([Cl])([Cl])(=[C](c1ccc(C(C)(C)C)cc1)c1ccc(C(C)(C)C)cc1)[CH]1C=CC=C1. The van der Waals surface area contributed by atoms with Crippen LogP contribution in [0.3, 0.4) is 0 Å². The molecule has 274 valence electrons. The van der Waals surface area contributed by atoms with Gasteiger partial charge in [0.1, 0.15) is 0 Å². The second-order valence-electron chi connectivity index (χ2n) is 19.9. The molecule has 0 saturated heterocycles. The summed E-state index contributed by atoms with van der Waals surface area (Å²) in [5.41, 5.74) is 15.4. The number of halogens is 2. The number of hydrogen-bond donors (Lipinski definition) is 0. The summed E-state index contributed by atoms with van der Waals surface area (Å²) < 4.78 is 0.915. The molecule has 4 aromatic rings. The fourth-order valence-corrected chi connectivity index (χ4v) is 36.8. The second-order valence-corrected chi connectivity index (χ2v) is 49.4. The average molecular weight is 898 g/mol. The molecule has 0 heterocycles. The van der Waals surface area contributed by atoms with Gasteiger partial charge >= 0.3 is 326 Å². The van der Waals surface area contributed by atoms with Crippen molar-refractivity contribution >= 4 is 20.4 Å². The van der Waals surface area contributed by atoms with Crippen LogP contribution in [-0.2, 0) is 37.3 Å². The molecule has 0 N–H and O–H groups in total. The van der Waals surface area contributed by atoms with E-state index < -0.39 is 15.7 Å². The van der Waals surface area contributed by atoms with E-state index in [2.05, 4.69) is 194 Å². The van der Waals surface area contributed by atoms with E-state index in [-0.39, 0.29) is 29.0 Å². The summed E-state index contributed by atoms with van der Waals surface area (Å²) in [5.74, 6) is 0. The third kappa shape index (κ3) is 6.68. The van der Waals surface area contributed by atoms with Crippen molar-refractivity contribution in [1.29, 1.82) is 0 Å². The van der Waals surface area contributed by atoms with Crippen LogP contribution in [0.2, 0.25) is 3.67 Å². The molecule has 52 heavy (non-hydrogen) atoms. The first-order valence-corrected chi connectivity index (χ1v) is 34.0. The Bertz CT molecular complexity index is 2030. The minimum absolute atomic E-state index is 0.00645. The van der Waals surface area contributed by atoms with Gasteiger partial charge in [0.25, 0.3) is 0 Å². The molecule has 0 radical (unpaired) electrons. The number of aryl methyl sites for hydroxylation is 2. The molecule has 3 heteroatoms. The zero-order valence-corrected chi connectivity index (χ0v) is 39.3. The van der Waals surface area contributed by atoms with Gasteiger partial charge in [0.2, 0.25) is 0 Å². The standard InChI is InChI=1S/C23H29.C21H26.C5H5.2ClH.Hf/c1-14-9-16-11-17-10-15(2)21(23(6,7)8)13-19(17)18(16)12-20(14)22(3,4)5;1-20(2,3)18-11-7-16(8-12-18)15-17-9-13-19(14-10-17)21(4,5)6;1-2-4-5-3-1;;;/h9-13H,1-8H3;7-14H,1-6H3;1-5H;2*1H;/q;;;;;+2/p-2. The maximum absolute atomic E-state index is 8.97. The first kappa shape index (κ1) is 39.4. The van der Waals surface area contributed by atoms with E-state index in [0.717, 1.165) is 14.4 Å².